The highest BCUT2D eigenvalue weighted by atomic mass is 35.5. The number of fused-ring (bicyclic) bond motifs is 1. The van der Waals surface area contributed by atoms with Gasteiger partial charge in [-0.2, -0.15) is 18.2 Å². The first-order chi connectivity index (χ1) is 14.6. The highest BCUT2D eigenvalue weighted by Gasteiger charge is 2.47. The van der Waals surface area contributed by atoms with E-state index in [1.54, 1.807) is 6.07 Å². The summed E-state index contributed by atoms with van der Waals surface area (Å²) in [6.45, 7) is 4.63. The van der Waals surface area contributed by atoms with Crippen molar-refractivity contribution in [2.45, 2.75) is 57.7 Å². The van der Waals surface area contributed by atoms with Crippen LogP contribution in [0.2, 0.25) is 5.15 Å². The van der Waals surface area contributed by atoms with Gasteiger partial charge in [0.05, 0.1) is 25.3 Å². The Bertz CT molecular complexity index is 1010. The quantitative estimate of drug-likeness (QED) is 0.659. The van der Waals surface area contributed by atoms with Crippen LogP contribution >= 0.6 is 11.6 Å². The Morgan fingerprint density at radius 3 is 2.58 bits per heavy atom. The summed E-state index contributed by atoms with van der Waals surface area (Å²) < 4.78 is 48.6. The molecule has 4 rings (SSSR count). The van der Waals surface area contributed by atoms with Gasteiger partial charge in [0.2, 0.25) is 5.95 Å². The molecule has 7 nitrogen and oxygen atoms in total. The molecular weight excluding hydrogens is 435 g/mol. The monoisotopic (exact) mass is 457 g/mol. The minimum atomic E-state index is -4.48. The number of halogens is 4. The summed E-state index contributed by atoms with van der Waals surface area (Å²) in [4.78, 5) is 24.4. The average molecular weight is 458 g/mol. The van der Waals surface area contributed by atoms with Crippen molar-refractivity contribution in [2.75, 3.05) is 23.0 Å². The van der Waals surface area contributed by atoms with Crippen LogP contribution < -0.4 is 15.4 Å². The Balaban J connectivity index is 1.81. The fraction of sp³-hybridized carbons (Fsp3) is 0.550. The number of aromatic nitrogens is 3. The van der Waals surface area contributed by atoms with Crippen LogP contribution in [0.25, 0.3) is 0 Å². The Kier molecular flexibility index (Phi) is 5.87. The number of hydrogen-bond donors (Lipinski definition) is 0. The Morgan fingerprint density at radius 2 is 1.94 bits per heavy atom. The number of nitrogens with zero attached hydrogens (tertiary/aromatic N) is 5. The Labute approximate surface area is 182 Å². The lowest BCUT2D eigenvalue weighted by atomic mass is 10.1. The van der Waals surface area contributed by atoms with Gasteiger partial charge >= 0.3 is 6.18 Å². The molecule has 1 fully saturated rings. The maximum Gasteiger partial charge on any atom is 0.408 e. The van der Waals surface area contributed by atoms with Crippen LogP contribution in [-0.4, -0.2) is 52.1 Å². The van der Waals surface area contributed by atoms with Gasteiger partial charge in [-0.05, 0) is 38.0 Å². The van der Waals surface area contributed by atoms with E-state index in [2.05, 4.69) is 9.97 Å². The number of rotatable bonds is 3. The zero-order valence-electron chi connectivity index (χ0n) is 17.1. The van der Waals surface area contributed by atoms with Crippen LogP contribution in [0.5, 0.6) is 0 Å². The fourth-order valence-electron chi connectivity index (χ4n) is 4.31. The molecule has 0 aromatic carbocycles. The number of morpholine rings is 1. The van der Waals surface area contributed by atoms with Gasteiger partial charge < -0.3 is 14.5 Å². The summed E-state index contributed by atoms with van der Waals surface area (Å²) in [5, 5.41) is 0.188. The number of hydrogen-bond acceptors (Lipinski definition) is 6. The van der Waals surface area contributed by atoms with Crippen LogP contribution in [0.1, 0.15) is 25.8 Å². The minimum absolute atomic E-state index is 0.00917. The van der Waals surface area contributed by atoms with Crippen molar-refractivity contribution in [3.8, 4) is 0 Å². The van der Waals surface area contributed by atoms with Gasteiger partial charge in [0.1, 0.15) is 17.0 Å². The van der Waals surface area contributed by atoms with Gasteiger partial charge in [0.25, 0.3) is 5.56 Å². The molecular formula is C20H23ClF3N5O2. The van der Waals surface area contributed by atoms with Crippen LogP contribution in [0.3, 0.4) is 0 Å². The smallest absolute Gasteiger partial charge is 0.377 e. The summed E-state index contributed by atoms with van der Waals surface area (Å²) in [5.74, 6) is 0.370. The third-order valence-corrected chi connectivity index (χ3v) is 5.89. The first-order valence-electron chi connectivity index (χ1n) is 10.1. The molecule has 2 aliphatic heterocycles. The van der Waals surface area contributed by atoms with Gasteiger partial charge in [-0.25, -0.2) is 4.98 Å². The second-order valence-electron chi connectivity index (χ2n) is 8.01. The van der Waals surface area contributed by atoms with E-state index in [1.807, 2.05) is 18.7 Å². The summed E-state index contributed by atoms with van der Waals surface area (Å²) in [6, 6.07) is 2.63. The third kappa shape index (κ3) is 4.36. The maximum absolute atomic E-state index is 13.9. The second-order valence-corrected chi connectivity index (χ2v) is 8.40. The van der Waals surface area contributed by atoms with Crippen molar-refractivity contribution in [3.05, 3.63) is 45.5 Å². The van der Waals surface area contributed by atoms with Gasteiger partial charge in [-0.1, -0.05) is 11.6 Å². The first kappa shape index (κ1) is 21.9. The molecule has 31 heavy (non-hydrogen) atoms. The largest absolute Gasteiger partial charge is 0.408 e. The third-order valence-electron chi connectivity index (χ3n) is 5.69. The van der Waals surface area contributed by atoms with E-state index in [9.17, 15) is 18.0 Å². The first-order valence-corrected chi connectivity index (χ1v) is 10.4. The molecule has 0 saturated carbocycles. The molecule has 0 amide bonds. The molecule has 0 aliphatic carbocycles. The summed E-state index contributed by atoms with van der Waals surface area (Å²) >= 11 is 5.93. The van der Waals surface area contributed by atoms with Crippen LogP contribution in [0, 0.1) is 0 Å². The predicted octanol–water partition coefficient (Wildman–Crippen LogP) is 3.25. The van der Waals surface area contributed by atoms with E-state index in [0.717, 1.165) is 4.90 Å². The van der Waals surface area contributed by atoms with Crippen molar-refractivity contribution >= 4 is 23.4 Å². The number of pyridine rings is 1. The molecule has 2 aromatic heterocycles. The highest BCUT2D eigenvalue weighted by molar-refractivity contribution is 6.29. The molecule has 2 aromatic rings. The minimum Gasteiger partial charge on any atom is -0.377 e. The zero-order valence-corrected chi connectivity index (χ0v) is 17.9. The molecule has 4 heterocycles. The lowest BCUT2D eigenvalue weighted by Crippen LogP contribution is -2.53. The standard InChI is InChI=1S/C20H23ClF3N5O2/c1-12-10-31-11-13(2)29(12)17-8-18(30)27-6-4-15(20(22,23)24)28(19(27)26-17)9-14-3-5-25-16(21)7-14/h3,5,7-8,12-13,15H,4,6,9-11H2,1-2H3. The van der Waals surface area contributed by atoms with Crippen LogP contribution in [0.4, 0.5) is 24.9 Å². The molecule has 0 bridgehead atoms. The summed E-state index contributed by atoms with van der Waals surface area (Å²) in [7, 11) is 0. The number of anilines is 2. The molecule has 0 radical (unpaired) electrons. The molecule has 0 N–H and O–H groups in total. The predicted molar refractivity (Wildman–Crippen MR) is 111 cm³/mol. The second kappa shape index (κ2) is 8.31. The average Bonchev–Trinajstić information content (AvgIpc) is 2.67. The van der Waals surface area contributed by atoms with Gasteiger partial charge in [0.15, 0.2) is 0 Å². The molecule has 3 atom stereocenters. The Hall–Kier alpha value is -2.33. The number of ether oxygens (including phenoxy) is 1. The molecule has 11 heteroatoms. The molecule has 2 aliphatic rings. The topological polar surface area (TPSA) is 63.5 Å². The number of alkyl halides is 3. The normalized spacial score (nSPS) is 24.3. The van der Waals surface area contributed by atoms with E-state index in [1.165, 1.54) is 22.9 Å². The van der Waals surface area contributed by atoms with Crippen molar-refractivity contribution in [3.63, 3.8) is 0 Å². The molecule has 1 saturated heterocycles. The van der Waals surface area contributed by atoms with Crippen molar-refractivity contribution in [1.82, 2.24) is 14.5 Å². The van der Waals surface area contributed by atoms with Gasteiger partial charge in [-0.3, -0.25) is 9.36 Å². The molecule has 3 unspecified atom stereocenters. The maximum atomic E-state index is 13.9. The van der Waals surface area contributed by atoms with E-state index in [4.69, 9.17) is 16.3 Å². The van der Waals surface area contributed by atoms with Crippen molar-refractivity contribution in [1.29, 1.82) is 0 Å². The molecule has 168 valence electrons. The van der Waals surface area contributed by atoms with Crippen molar-refractivity contribution in [2.24, 2.45) is 0 Å². The van der Waals surface area contributed by atoms with E-state index >= 15 is 0 Å². The van der Waals surface area contributed by atoms with Crippen molar-refractivity contribution < 1.29 is 17.9 Å². The van der Waals surface area contributed by atoms with Gasteiger partial charge in [-0.15, -0.1) is 0 Å². The van der Waals surface area contributed by atoms with E-state index in [0.29, 0.717) is 24.6 Å². The summed E-state index contributed by atoms with van der Waals surface area (Å²) in [5.41, 5.74) is 0.180. The van der Waals surface area contributed by atoms with Gasteiger partial charge in [0, 0.05) is 25.4 Å². The Morgan fingerprint density at radius 1 is 1.23 bits per heavy atom. The fourth-order valence-corrected chi connectivity index (χ4v) is 4.50. The van der Waals surface area contributed by atoms with Crippen LogP contribution in [-0.2, 0) is 17.8 Å². The summed E-state index contributed by atoms with van der Waals surface area (Å²) in [6.07, 6.45) is -3.27. The highest BCUT2D eigenvalue weighted by Crippen LogP contribution is 2.36. The molecule has 0 spiro atoms. The van der Waals surface area contributed by atoms with E-state index < -0.39 is 12.2 Å². The zero-order chi connectivity index (χ0) is 22.3. The lowest BCUT2D eigenvalue weighted by Gasteiger charge is -2.42. The van der Waals surface area contributed by atoms with E-state index in [-0.39, 0.29) is 48.3 Å². The lowest BCUT2D eigenvalue weighted by molar-refractivity contribution is -0.153. The SMILES string of the molecule is CC1COCC(C)N1c1cc(=O)n2c(n1)N(Cc1ccnc(Cl)c1)C(C(F)(F)F)CC2. The van der Waals surface area contributed by atoms with Crippen LogP contribution in [0.15, 0.2) is 29.2 Å².